The van der Waals surface area contributed by atoms with Crippen molar-refractivity contribution >= 4 is 11.9 Å². The highest BCUT2D eigenvalue weighted by Gasteiger charge is 2.17. The first-order valence-electron chi connectivity index (χ1n) is 24.1. The van der Waals surface area contributed by atoms with Crippen molar-refractivity contribution in [1.82, 2.24) is 0 Å². The highest BCUT2D eigenvalue weighted by atomic mass is 16.6. The molecule has 0 heterocycles. The first-order chi connectivity index (χ1) is 28.6. The van der Waals surface area contributed by atoms with Crippen LogP contribution in [0, 0.1) is 0 Å². The predicted octanol–water partition coefficient (Wildman–Crippen LogP) is 16.1. The summed E-state index contributed by atoms with van der Waals surface area (Å²) in [6, 6.07) is 0. The maximum atomic E-state index is 12.7. The van der Waals surface area contributed by atoms with Crippen LogP contribution in [0.25, 0.3) is 0 Å². The van der Waals surface area contributed by atoms with Crippen LogP contribution in [0.4, 0.5) is 0 Å². The summed E-state index contributed by atoms with van der Waals surface area (Å²) in [7, 11) is 0. The molecule has 0 aliphatic rings. The molecule has 0 N–H and O–H groups in total. The second kappa shape index (κ2) is 48.4. The lowest BCUT2D eigenvalue weighted by Gasteiger charge is -2.18. The van der Waals surface area contributed by atoms with Crippen LogP contribution in [0.3, 0.4) is 0 Å². The number of carbonyl (C=O) groups excluding carboxylic acids is 2. The first kappa shape index (κ1) is 55.1. The molecule has 0 rings (SSSR count). The van der Waals surface area contributed by atoms with Gasteiger partial charge in [0, 0.05) is 19.4 Å². The third-order valence-electron chi connectivity index (χ3n) is 9.93. The molecule has 0 spiro atoms. The highest BCUT2D eigenvalue weighted by molar-refractivity contribution is 5.70. The summed E-state index contributed by atoms with van der Waals surface area (Å²) in [5.41, 5.74) is 0. The lowest BCUT2D eigenvalue weighted by Crippen LogP contribution is -2.30. The zero-order chi connectivity index (χ0) is 42.1. The van der Waals surface area contributed by atoms with E-state index in [0.717, 1.165) is 103 Å². The minimum atomic E-state index is -0.562. The lowest BCUT2D eigenvalue weighted by atomic mass is 10.1. The normalized spacial score (nSPS) is 12.9. The molecule has 0 aromatic heterocycles. The minimum Gasteiger partial charge on any atom is -0.462 e. The minimum absolute atomic E-state index is 0.0611. The zero-order valence-electron chi connectivity index (χ0n) is 38.0. The average Bonchev–Trinajstić information content (AvgIpc) is 3.22. The van der Waals surface area contributed by atoms with E-state index in [9.17, 15) is 9.59 Å². The molecule has 1 unspecified atom stereocenters. The topological polar surface area (TPSA) is 61.8 Å². The van der Waals surface area contributed by atoms with E-state index in [1.165, 1.54) is 77.0 Å². The fourth-order valence-electron chi connectivity index (χ4n) is 6.40. The number of rotatable bonds is 43. The molecule has 0 saturated heterocycles. The van der Waals surface area contributed by atoms with Crippen molar-refractivity contribution in [2.45, 2.75) is 219 Å². The van der Waals surface area contributed by atoms with E-state index in [4.69, 9.17) is 14.2 Å². The van der Waals surface area contributed by atoms with Gasteiger partial charge in [0.25, 0.3) is 0 Å². The summed E-state index contributed by atoms with van der Waals surface area (Å²) in [6.45, 7) is 7.54. The van der Waals surface area contributed by atoms with Crippen LogP contribution in [0.1, 0.15) is 213 Å². The average molecular weight is 807 g/mol. The fraction of sp³-hybridized carbons (Fsp3) is 0.698. The van der Waals surface area contributed by atoms with E-state index in [2.05, 4.69) is 106 Å². The monoisotopic (exact) mass is 807 g/mol. The number of hydrogen-bond donors (Lipinski definition) is 0. The summed E-state index contributed by atoms with van der Waals surface area (Å²) in [4.78, 5) is 25.3. The van der Waals surface area contributed by atoms with Gasteiger partial charge in [-0.15, -0.1) is 0 Å². The summed E-state index contributed by atoms with van der Waals surface area (Å²) in [6.07, 6.45) is 63.0. The molecule has 0 aromatic rings. The van der Waals surface area contributed by atoms with Crippen LogP contribution < -0.4 is 0 Å². The number of esters is 2. The van der Waals surface area contributed by atoms with Crippen molar-refractivity contribution in [3.8, 4) is 0 Å². The molecule has 0 amide bonds. The van der Waals surface area contributed by atoms with Gasteiger partial charge in [-0.2, -0.15) is 0 Å². The Bertz CT molecular complexity index is 1090. The van der Waals surface area contributed by atoms with Gasteiger partial charge in [0.05, 0.1) is 6.61 Å². The first-order valence-corrected chi connectivity index (χ1v) is 24.1. The molecule has 0 aliphatic carbocycles. The lowest BCUT2D eigenvalue weighted by molar-refractivity contribution is -0.163. The van der Waals surface area contributed by atoms with E-state index < -0.39 is 6.10 Å². The summed E-state index contributed by atoms with van der Waals surface area (Å²) in [5, 5.41) is 0. The molecule has 0 fully saturated rings. The standard InChI is InChI=1S/C53H90O5/c1-4-7-10-13-16-19-22-24-26-27-29-30-32-34-37-40-43-46-52(54)57-50-51(49-56-48-45-42-39-36-21-18-15-12-9-6-3)58-53(55)47-44-41-38-35-33-31-28-25-23-20-17-14-11-8-5-2/h7-8,10-11,16-17,19-20,24-26,28,33,35,51H,4-6,9,12-15,18,21-23,27,29-32,34,36-50H2,1-3H3/b10-7-,11-8-,19-16-,20-17-,26-24-,28-25-,35-33-. The Morgan fingerprint density at radius 2 is 0.776 bits per heavy atom. The van der Waals surface area contributed by atoms with Crippen molar-refractivity contribution in [3.05, 3.63) is 85.1 Å². The Morgan fingerprint density at radius 3 is 1.28 bits per heavy atom. The van der Waals surface area contributed by atoms with E-state index in [1.807, 2.05) is 0 Å². The third kappa shape index (κ3) is 45.8. The number of allylic oxidation sites excluding steroid dienone is 14. The molecule has 1 atom stereocenters. The zero-order valence-corrected chi connectivity index (χ0v) is 38.0. The molecule has 0 aliphatic heterocycles. The highest BCUT2D eigenvalue weighted by Crippen LogP contribution is 2.13. The molecule has 0 saturated carbocycles. The van der Waals surface area contributed by atoms with Gasteiger partial charge in [0.2, 0.25) is 0 Å². The van der Waals surface area contributed by atoms with E-state index in [0.29, 0.717) is 19.4 Å². The largest absolute Gasteiger partial charge is 0.462 e. The smallest absolute Gasteiger partial charge is 0.306 e. The molecule has 332 valence electrons. The van der Waals surface area contributed by atoms with Crippen LogP contribution in [0.5, 0.6) is 0 Å². The van der Waals surface area contributed by atoms with E-state index in [-0.39, 0.29) is 25.2 Å². The molecule has 5 nitrogen and oxygen atoms in total. The van der Waals surface area contributed by atoms with Gasteiger partial charge in [0.15, 0.2) is 6.10 Å². The maximum absolute atomic E-state index is 12.7. The number of hydrogen-bond acceptors (Lipinski definition) is 5. The van der Waals surface area contributed by atoms with Crippen LogP contribution >= 0.6 is 0 Å². The van der Waals surface area contributed by atoms with Gasteiger partial charge in [-0.3, -0.25) is 9.59 Å². The summed E-state index contributed by atoms with van der Waals surface area (Å²) < 4.78 is 17.3. The van der Waals surface area contributed by atoms with Crippen molar-refractivity contribution in [3.63, 3.8) is 0 Å². The Morgan fingerprint density at radius 1 is 0.397 bits per heavy atom. The molecule has 5 heteroatoms. The van der Waals surface area contributed by atoms with Crippen molar-refractivity contribution < 1.29 is 23.8 Å². The number of ether oxygens (including phenoxy) is 3. The summed E-state index contributed by atoms with van der Waals surface area (Å²) >= 11 is 0. The van der Waals surface area contributed by atoms with Crippen LogP contribution in [0.15, 0.2) is 85.1 Å². The molecule has 0 bridgehead atoms. The fourth-order valence-corrected chi connectivity index (χ4v) is 6.40. The second-order valence-electron chi connectivity index (χ2n) is 15.6. The van der Waals surface area contributed by atoms with Gasteiger partial charge < -0.3 is 14.2 Å². The van der Waals surface area contributed by atoms with Gasteiger partial charge in [-0.1, -0.05) is 196 Å². The van der Waals surface area contributed by atoms with Crippen LogP contribution in [0.2, 0.25) is 0 Å². The second-order valence-corrected chi connectivity index (χ2v) is 15.6. The quantitative estimate of drug-likeness (QED) is 0.0349. The maximum Gasteiger partial charge on any atom is 0.306 e. The third-order valence-corrected chi connectivity index (χ3v) is 9.93. The number of carbonyl (C=O) groups is 2. The Labute approximate surface area is 359 Å². The van der Waals surface area contributed by atoms with Gasteiger partial charge in [0.1, 0.15) is 6.61 Å². The molecule has 0 aromatic carbocycles. The Balaban J connectivity index is 4.32. The van der Waals surface area contributed by atoms with Crippen LogP contribution in [-0.2, 0) is 23.8 Å². The molecule has 58 heavy (non-hydrogen) atoms. The van der Waals surface area contributed by atoms with Crippen molar-refractivity contribution in [2.75, 3.05) is 19.8 Å². The predicted molar refractivity (Wildman–Crippen MR) is 251 cm³/mol. The van der Waals surface area contributed by atoms with Gasteiger partial charge in [-0.25, -0.2) is 0 Å². The Kier molecular flexibility index (Phi) is 46.0. The molecular formula is C53H90O5. The van der Waals surface area contributed by atoms with Crippen molar-refractivity contribution in [1.29, 1.82) is 0 Å². The van der Waals surface area contributed by atoms with Crippen molar-refractivity contribution in [2.24, 2.45) is 0 Å². The molecular weight excluding hydrogens is 717 g/mol. The SMILES string of the molecule is CC/C=C\C/C=C\C/C=C\C/C=C\CCCCC(=O)OC(COCCCCCCCCCCCC)COC(=O)CCCCCCCCC/C=C\C/C=C\C/C=C\CC. The van der Waals surface area contributed by atoms with E-state index in [1.54, 1.807) is 0 Å². The van der Waals surface area contributed by atoms with Crippen LogP contribution in [-0.4, -0.2) is 37.9 Å². The van der Waals surface area contributed by atoms with Gasteiger partial charge >= 0.3 is 11.9 Å². The summed E-state index contributed by atoms with van der Waals surface area (Å²) in [5.74, 6) is -0.458. The van der Waals surface area contributed by atoms with E-state index >= 15 is 0 Å². The molecule has 0 radical (unpaired) electrons. The van der Waals surface area contributed by atoms with Gasteiger partial charge in [-0.05, 0) is 89.9 Å². The Hall–Kier alpha value is -2.92. The number of unbranched alkanes of at least 4 members (excludes halogenated alkanes) is 18.